The average molecular weight is 167 g/mol. The molecule has 2 rings (SSSR count). The van der Waals surface area contributed by atoms with Gasteiger partial charge in [-0.05, 0) is 18.9 Å². The van der Waals surface area contributed by atoms with E-state index < -0.39 is 0 Å². The van der Waals surface area contributed by atoms with Gasteiger partial charge in [-0.1, -0.05) is 0 Å². The van der Waals surface area contributed by atoms with Crippen molar-refractivity contribution in [1.82, 2.24) is 9.78 Å². The molecule has 2 heterocycles. The minimum absolute atomic E-state index is 0.312. The molecule has 0 aromatic carbocycles. The first kappa shape index (κ1) is 7.61. The van der Waals surface area contributed by atoms with Gasteiger partial charge in [0.05, 0.1) is 18.8 Å². The Morgan fingerprint density at radius 1 is 1.75 bits per heavy atom. The first-order valence-electron chi connectivity index (χ1n) is 4.25. The van der Waals surface area contributed by atoms with E-state index in [0.717, 1.165) is 26.0 Å². The lowest BCUT2D eigenvalue weighted by Crippen LogP contribution is -2.17. The van der Waals surface area contributed by atoms with Crippen LogP contribution in [0.4, 0.5) is 5.82 Å². The zero-order chi connectivity index (χ0) is 8.39. The molecule has 1 aromatic rings. The van der Waals surface area contributed by atoms with E-state index in [1.807, 2.05) is 0 Å². The monoisotopic (exact) mass is 167 g/mol. The van der Waals surface area contributed by atoms with Gasteiger partial charge in [-0.2, -0.15) is 5.10 Å². The van der Waals surface area contributed by atoms with E-state index in [1.54, 1.807) is 16.9 Å². The second-order valence-electron chi connectivity index (χ2n) is 3.07. The van der Waals surface area contributed by atoms with Crippen molar-refractivity contribution < 1.29 is 4.74 Å². The van der Waals surface area contributed by atoms with Crippen molar-refractivity contribution in [3.05, 3.63) is 12.3 Å². The van der Waals surface area contributed by atoms with Gasteiger partial charge in [0.15, 0.2) is 0 Å². The molecule has 2 N–H and O–H groups in total. The third-order valence-corrected chi connectivity index (χ3v) is 2.15. The zero-order valence-electron chi connectivity index (χ0n) is 6.94. The highest BCUT2D eigenvalue weighted by atomic mass is 16.5. The van der Waals surface area contributed by atoms with Gasteiger partial charge in [0, 0.05) is 6.61 Å². The van der Waals surface area contributed by atoms with Crippen molar-refractivity contribution in [2.24, 2.45) is 0 Å². The van der Waals surface area contributed by atoms with Crippen LogP contribution in [0.2, 0.25) is 0 Å². The molecule has 1 aliphatic heterocycles. The van der Waals surface area contributed by atoms with E-state index in [0.29, 0.717) is 11.9 Å². The van der Waals surface area contributed by atoms with Crippen LogP contribution in [-0.4, -0.2) is 22.5 Å². The molecule has 1 atom stereocenters. The van der Waals surface area contributed by atoms with Gasteiger partial charge in [-0.15, -0.1) is 0 Å². The highest BCUT2D eigenvalue weighted by molar-refractivity contribution is 5.25. The molecule has 0 unspecified atom stereocenters. The topological polar surface area (TPSA) is 53.1 Å². The molecule has 1 fully saturated rings. The van der Waals surface area contributed by atoms with Crippen molar-refractivity contribution in [1.29, 1.82) is 0 Å². The van der Waals surface area contributed by atoms with Crippen LogP contribution in [0.3, 0.4) is 0 Å². The highest BCUT2D eigenvalue weighted by Gasteiger charge is 2.16. The van der Waals surface area contributed by atoms with Gasteiger partial charge in [-0.3, -0.25) is 0 Å². The summed E-state index contributed by atoms with van der Waals surface area (Å²) in [6.45, 7) is 1.67. The van der Waals surface area contributed by atoms with Crippen LogP contribution in [0.1, 0.15) is 12.8 Å². The molecule has 12 heavy (non-hydrogen) atoms. The Bertz CT molecular complexity index is 253. The lowest BCUT2D eigenvalue weighted by atomic mass is 10.2. The molecule has 0 amide bonds. The first-order valence-corrected chi connectivity index (χ1v) is 4.25. The molecule has 4 heteroatoms. The minimum Gasteiger partial charge on any atom is -0.384 e. The SMILES string of the molecule is Nc1ccnn1C[C@@H]1CCCO1. The number of rotatable bonds is 2. The minimum atomic E-state index is 0.312. The molecule has 0 radical (unpaired) electrons. The number of nitrogens with zero attached hydrogens (tertiary/aromatic N) is 2. The quantitative estimate of drug-likeness (QED) is 0.703. The van der Waals surface area contributed by atoms with Crippen LogP contribution in [-0.2, 0) is 11.3 Å². The van der Waals surface area contributed by atoms with Gasteiger partial charge in [0.1, 0.15) is 5.82 Å². The van der Waals surface area contributed by atoms with Gasteiger partial charge in [0.2, 0.25) is 0 Å². The number of anilines is 1. The van der Waals surface area contributed by atoms with E-state index >= 15 is 0 Å². The second-order valence-corrected chi connectivity index (χ2v) is 3.07. The van der Waals surface area contributed by atoms with E-state index in [2.05, 4.69) is 5.10 Å². The number of nitrogens with two attached hydrogens (primary N) is 1. The van der Waals surface area contributed by atoms with E-state index in [-0.39, 0.29) is 0 Å². The summed E-state index contributed by atoms with van der Waals surface area (Å²) in [5.41, 5.74) is 5.66. The molecule has 1 aromatic heterocycles. The van der Waals surface area contributed by atoms with E-state index in [4.69, 9.17) is 10.5 Å². The molecule has 4 nitrogen and oxygen atoms in total. The number of nitrogen functional groups attached to an aromatic ring is 1. The molecule has 0 spiro atoms. The Hall–Kier alpha value is -1.03. The summed E-state index contributed by atoms with van der Waals surface area (Å²) in [6.07, 6.45) is 4.31. The van der Waals surface area contributed by atoms with Crippen molar-refractivity contribution in [3.63, 3.8) is 0 Å². The van der Waals surface area contributed by atoms with Gasteiger partial charge >= 0.3 is 0 Å². The summed E-state index contributed by atoms with van der Waals surface area (Å²) in [6, 6.07) is 1.80. The fourth-order valence-corrected chi connectivity index (χ4v) is 1.48. The van der Waals surface area contributed by atoms with Crippen molar-refractivity contribution in [3.8, 4) is 0 Å². The van der Waals surface area contributed by atoms with Crippen LogP contribution in [0, 0.1) is 0 Å². The Morgan fingerprint density at radius 3 is 3.25 bits per heavy atom. The Balaban J connectivity index is 1.98. The van der Waals surface area contributed by atoms with Gasteiger partial charge < -0.3 is 10.5 Å². The summed E-state index contributed by atoms with van der Waals surface area (Å²) in [5.74, 6) is 0.713. The highest BCUT2D eigenvalue weighted by Crippen LogP contribution is 2.14. The summed E-state index contributed by atoms with van der Waals surface area (Å²) < 4.78 is 7.25. The number of hydrogen-bond acceptors (Lipinski definition) is 3. The van der Waals surface area contributed by atoms with Crippen LogP contribution >= 0.6 is 0 Å². The lowest BCUT2D eigenvalue weighted by molar-refractivity contribution is 0.0945. The van der Waals surface area contributed by atoms with Crippen LogP contribution in [0.5, 0.6) is 0 Å². The lowest BCUT2D eigenvalue weighted by Gasteiger charge is -2.09. The molecule has 1 aliphatic rings. The van der Waals surface area contributed by atoms with Crippen LogP contribution in [0.25, 0.3) is 0 Å². The third kappa shape index (κ3) is 1.43. The third-order valence-electron chi connectivity index (χ3n) is 2.15. The molecule has 0 saturated carbocycles. The van der Waals surface area contributed by atoms with E-state index in [9.17, 15) is 0 Å². The Kier molecular flexibility index (Phi) is 1.99. The van der Waals surface area contributed by atoms with E-state index in [1.165, 1.54) is 0 Å². The van der Waals surface area contributed by atoms with Crippen molar-refractivity contribution in [2.45, 2.75) is 25.5 Å². The maximum Gasteiger partial charge on any atom is 0.121 e. The average Bonchev–Trinajstić information content (AvgIpc) is 2.65. The predicted molar refractivity (Wildman–Crippen MR) is 45.6 cm³/mol. The summed E-state index contributed by atoms with van der Waals surface area (Å²) in [7, 11) is 0. The van der Waals surface area contributed by atoms with Gasteiger partial charge in [0.25, 0.3) is 0 Å². The normalized spacial score (nSPS) is 23.2. The summed E-state index contributed by atoms with van der Waals surface area (Å²) >= 11 is 0. The zero-order valence-corrected chi connectivity index (χ0v) is 6.94. The van der Waals surface area contributed by atoms with Crippen molar-refractivity contribution >= 4 is 5.82 Å². The van der Waals surface area contributed by atoms with Gasteiger partial charge in [-0.25, -0.2) is 4.68 Å². The number of ether oxygens (including phenoxy) is 1. The summed E-state index contributed by atoms with van der Waals surface area (Å²) in [4.78, 5) is 0. The molecule has 0 aliphatic carbocycles. The predicted octanol–water partition coefficient (Wildman–Crippen LogP) is 0.644. The first-order chi connectivity index (χ1) is 5.86. The Morgan fingerprint density at radius 2 is 2.67 bits per heavy atom. The fourth-order valence-electron chi connectivity index (χ4n) is 1.48. The molecule has 1 saturated heterocycles. The molecule has 66 valence electrons. The maximum absolute atomic E-state index is 5.66. The summed E-state index contributed by atoms with van der Waals surface area (Å²) in [5, 5.41) is 4.09. The molecule has 0 bridgehead atoms. The van der Waals surface area contributed by atoms with Crippen molar-refractivity contribution in [2.75, 3.05) is 12.3 Å². The smallest absolute Gasteiger partial charge is 0.121 e. The van der Waals surface area contributed by atoms with Crippen LogP contribution < -0.4 is 5.73 Å². The fraction of sp³-hybridized carbons (Fsp3) is 0.625. The Labute approximate surface area is 71.3 Å². The second kappa shape index (κ2) is 3.15. The molecular weight excluding hydrogens is 154 g/mol. The van der Waals surface area contributed by atoms with Crippen LogP contribution in [0.15, 0.2) is 12.3 Å². The standard InChI is InChI=1S/C8H13N3O/c9-8-3-4-10-11(8)6-7-2-1-5-12-7/h3-4,7H,1-2,5-6,9H2/t7-/m0/s1. The number of aromatic nitrogens is 2. The maximum atomic E-state index is 5.66. The molecular formula is C8H13N3O. The largest absolute Gasteiger partial charge is 0.384 e. The number of hydrogen-bond donors (Lipinski definition) is 1.